The fourth-order valence-electron chi connectivity index (χ4n) is 3.09. The third-order valence-corrected chi connectivity index (χ3v) is 10.2. The molecule has 1 aromatic rings. The van der Waals surface area contributed by atoms with Gasteiger partial charge in [0.15, 0.2) is 0 Å². The summed E-state index contributed by atoms with van der Waals surface area (Å²) in [5, 5.41) is 3.48. The van der Waals surface area contributed by atoms with Crippen LogP contribution in [0.1, 0.15) is 27.7 Å². The smallest absolute Gasteiger partial charge is 0.267 e. The van der Waals surface area contributed by atoms with E-state index in [1.54, 1.807) is 10.4 Å². The van der Waals surface area contributed by atoms with Gasteiger partial charge in [0.1, 0.15) is 0 Å². The van der Waals surface area contributed by atoms with E-state index in [-0.39, 0.29) is 58.9 Å². The molecule has 0 amide bonds. The topological polar surface area (TPSA) is 0 Å². The van der Waals surface area contributed by atoms with Crippen LogP contribution < -0.4 is 10.4 Å². The van der Waals surface area contributed by atoms with Gasteiger partial charge in [0.2, 0.25) is 0 Å². The van der Waals surface area contributed by atoms with Crippen molar-refractivity contribution in [1.29, 1.82) is 0 Å². The average molecular weight is 530 g/mol. The van der Waals surface area contributed by atoms with Crippen molar-refractivity contribution in [2.45, 2.75) is 72.0 Å². The summed E-state index contributed by atoms with van der Waals surface area (Å²) in [5.41, 5.74) is 4.34. The number of hydrogen-bond acceptors (Lipinski definition) is 0. The standard InChI is InChI=1S/C12H21Si2.C9H15Si.3ClH.Ti/c1-13(2,3)11-9-7-8-10-12(11)14(4,5)6;1-6-5-9(4,10)8(3)7(6)2;;;;/h7-9H,1-6H3;1-4,10H3;3*1H;/q2*-1;;;;+2. The summed E-state index contributed by atoms with van der Waals surface area (Å²) in [5.74, 6) is 0. The third kappa shape index (κ3) is 9.83. The Morgan fingerprint density at radius 1 is 0.893 bits per heavy atom. The number of rotatable bonds is 2. The first-order chi connectivity index (χ1) is 10.7. The fraction of sp³-hybridized carbons (Fsp3) is 0.524. The van der Waals surface area contributed by atoms with Crippen molar-refractivity contribution in [3.05, 3.63) is 47.1 Å². The van der Waals surface area contributed by atoms with Gasteiger partial charge in [0.25, 0.3) is 0 Å². The van der Waals surface area contributed by atoms with Gasteiger partial charge in [0, 0.05) is 8.07 Å². The van der Waals surface area contributed by atoms with Crippen LogP contribution in [-0.4, -0.2) is 26.4 Å². The van der Waals surface area contributed by atoms with E-state index in [2.05, 4.69) is 97.3 Å². The monoisotopic (exact) mass is 528 g/mol. The molecule has 0 bridgehead atoms. The van der Waals surface area contributed by atoms with E-state index in [0.29, 0.717) is 5.04 Å². The maximum absolute atomic E-state index is 3.50. The Kier molecular flexibility index (Phi) is 17.3. The molecule has 160 valence electrons. The van der Waals surface area contributed by atoms with Gasteiger partial charge in [-0.25, -0.2) is 5.57 Å². The second-order valence-corrected chi connectivity index (χ2v) is 21.6. The van der Waals surface area contributed by atoms with E-state index in [4.69, 9.17) is 0 Å². The normalized spacial score (nSPS) is 18.4. The van der Waals surface area contributed by atoms with Crippen LogP contribution in [0.25, 0.3) is 0 Å². The maximum atomic E-state index is 3.50. The first kappa shape index (κ1) is 36.3. The first-order valence-corrected chi connectivity index (χ1v) is 17.0. The molecule has 0 heterocycles. The van der Waals surface area contributed by atoms with Gasteiger partial charge in [-0.1, -0.05) is 65.1 Å². The second kappa shape index (κ2) is 13.4. The molecule has 1 atom stereocenters. The van der Waals surface area contributed by atoms with Gasteiger partial charge in [-0.2, -0.15) is 45.8 Å². The van der Waals surface area contributed by atoms with Crippen molar-refractivity contribution >= 4 is 74.0 Å². The van der Waals surface area contributed by atoms with Gasteiger partial charge in [0.05, 0.1) is 8.07 Å². The predicted molar refractivity (Wildman–Crippen MR) is 142 cm³/mol. The van der Waals surface area contributed by atoms with Gasteiger partial charge < -0.3 is 0 Å². The minimum atomic E-state index is -1.21. The summed E-state index contributed by atoms with van der Waals surface area (Å²) in [4.78, 5) is 0. The summed E-state index contributed by atoms with van der Waals surface area (Å²) >= 11 is 0. The Morgan fingerprint density at radius 3 is 1.57 bits per heavy atom. The van der Waals surface area contributed by atoms with E-state index in [1.807, 2.05) is 0 Å². The molecular weight excluding hydrogens is 491 g/mol. The first-order valence-electron chi connectivity index (χ1n) is 8.99. The number of halogens is 3. The molecule has 0 spiro atoms. The van der Waals surface area contributed by atoms with Crippen LogP contribution in [0.2, 0.25) is 44.3 Å². The van der Waals surface area contributed by atoms with Gasteiger partial charge >= 0.3 is 21.7 Å². The molecule has 0 N–H and O–H groups in total. The van der Waals surface area contributed by atoms with Crippen molar-refractivity contribution in [3.63, 3.8) is 0 Å². The van der Waals surface area contributed by atoms with Crippen molar-refractivity contribution in [2.75, 3.05) is 0 Å². The quantitative estimate of drug-likeness (QED) is 0.352. The van der Waals surface area contributed by atoms with E-state index in [1.165, 1.54) is 27.0 Å². The molecule has 1 aliphatic rings. The van der Waals surface area contributed by atoms with Crippen LogP contribution in [-0.2, 0) is 21.7 Å². The minimum absolute atomic E-state index is 0. The summed E-state index contributed by atoms with van der Waals surface area (Å²) in [7, 11) is -1.21. The Bertz CT molecular complexity index is 637. The molecule has 0 radical (unpaired) electrons. The van der Waals surface area contributed by atoms with E-state index >= 15 is 0 Å². The van der Waals surface area contributed by atoms with Crippen LogP contribution in [0, 0.1) is 12.1 Å². The molecule has 0 saturated heterocycles. The summed E-state index contributed by atoms with van der Waals surface area (Å²) < 4.78 is 0. The molecule has 1 aromatic carbocycles. The molecule has 28 heavy (non-hydrogen) atoms. The molecule has 0 nitrogen and oxygen atoms in total. The zero-order valence-electron chi connectivity index (χ0n) is 19.5. The van der Waals surface area contributed by atoms with E-state index in [9.17, 15) is 0 Å². The van der Waals surface area contributed by atoms with Crippen LogP contribution in [0.3, 0.4) is 0 Å². The second-order valence-electron chi connectivity index (χ2n) is 9.58. The van der Waals surface area contributed by atoms with Crippen molar-refractivity contribution in [2.24, 2.45) is 0 Å². The molecule has 0 aromatic heterocycles. The minimum Gasteiger partial charge on any atom is -0.267 e. The Morgan fingerprint density at radius 2 is 1.36 bits per heavy atom. The average Bonchev–Trinajstić information content (AvgIpc) is 2.60. The predicted octanol–water partition coefficient (Wildman–Crippen LogP) is 5.47. The maximum Gasteiger partial charge on any atom is 2.00 e. The number of benzene rings is 1. The molecular formula is C21H39Cl3Si3Ti. The molecule has 1 aliphatic carbocycles. The van der Waals surface area contributed by atoms with Gasteiger partial charge in [-0.15, -0.1) is 44.1 Å². The number of allylic oxidation sites excluding steroid dienone is 4. The molecule has 7 heteroatoms. The van der Waals surface area contributed by atoms with Crippen molar-refractivity contribution < 1.29 is 21.7 Å². The molecule has 0 fully saturated rings. The zero-order chi connectivity index (χ0) is 18.9. The van der Waals surface area contributed by atoms with Crippen LogP contribution in [0.15, 0.2) is 34.9 Å². The molecule has 0 saturated carbocycles. The summed E-state index contributed by atoms with van der Waals surface area (Å²) in [6.45, 7) is 23.3. The van der Waals surface area contributed by atoms with E-state index < -0.39 is 16.1 Å². The van der Waals surface area contributed by atoms with Crippen molar-refractivity contribution in [1.82, 2.24) is 0 Å². The van der Waals surface area contributed by atoms with Gasteiger partial charge in [-0.05, 0) is 10.2 Å². The van der Waals surface area contributed by atoms with Gasteiger partial charge in [-0.3, -0.25) is 6.08 Å². The summed E-state index contributed by atoms with van der Waals surface area (Å²) in [6, 6.07) is 10.00. The van der Waals surface area contributed by atoms with E-state index in [0.717, 1.165) is 0 Å². The van der Waals surface area contributed by atoms with Crippen molar-refractivity contribution in [3.8, 4) is 0 Å². The molecule has 0 aliphatic heterocycles. The SMILES string of the molecule is CC1=[C-]C(C)([SiH3])C(C)=C1C.C[Si](C)(C)c1[c-]cccc1[Si](C)(C)C.Cl.Cl.Cl.[Ti+2]. The zero-order valence-corrected chi connectivity index (χ0v) is 27.5. The number of hydrogen-bond donors (Lipinski definition) is 0. The third-order valence-electron chi connectivity index (χ3n) is 4.98. The Balaban J connectivity index is -0.000000187. The fourth-order valence-corrected chi connectivity index (χ4v) is 8.91. The Hall–Kier alpha value is 0.935. The largest absolute Gasteiger partial charge is 2.00 e. The van der Waals surface area contributed by atoms with Crippen LogP contribution >= 0.6 is 37.2 Å². The molecule has 2 rings (SSSR count). The summed E-state index contributed by atoms with van der Waals surface area (Å²) in [6.07, 6.45) is 3.50. The van der Waals surface area contributed by atoms with Crippen LogP contribution in [0.5, 0.6) is 0 Å². The molecule has 1 unspecified atom stereocenters. The van der Waals surface area contributed by atoms with Crippen LogP contribution in [0.4, 0.5) is 0 Å². The Labute approximate surface area is 213 Å².